The molecule has 3 heteroatoms. The number of aromatic nitrogens is 1. The summed E-state index contributed by atoms with van der Waals surface area (Å²) >= 11 is 6.17. The Hall–Kier alpha value is -2.06. The Morgan fingerprint density at radius 1 is 1.10 bits per heavy atom. The van der Waals surface area contributed by atoms with E-state index in [0.717, 1.165) is 28.2 Å². The Balaban J connectivity index is 1.93. The van der Waals surface area contributed by atoms with Crippen molar-refractivity contribution in [2.75, 3.05) is 5.32 Å². The molecule has 2 nitrogen and oxygen atoms in total. The van der Waals surface area contributed by atoms with E-state index in [1.54, 1.807) is 6.20 Å². The minimum Gasteiger partial charge on any atom is -0.379 e. The van der Waals surface area contributed by atoms with Crippen molar-refractivity contribution in [2.45, 2.75) is 13.5 Å². The summed E-state index contributed by atoms with van der Waals surface area (Å²) in [6, 6.07) is 16.1. The number of fused-ring (bicyclic) bond motifs is 1. The number of benzene rings is 2. The SMILES string of the molecule is Cc1ccccc1CNc1cc(Cl)cc2cccnc12. The number of nitrogens with one attached hydrogen (secondary N) is 1. The summed E-state index contributed by atoms with van der Waals surface area (Å²) in [6.07, 6.45) is 1.80. The van der Waals surface area contributed by atoms with Crippen LogP contribution >= 0.6 is 11.6 Å². The Labute approximate surface area is 123 Å². The fraction of sp³-hybridized carbons (Fsp3) is 0.118. The third-order valence-electron chi connectivity index (χ3n) is 3.40. The zero-order valence-electron chi connectivity index (χ0n) is 11.2. The molecule has 100 valence electrons. The lowest BCUT2D eigenvalue weighted by Crippen LogP contribution is -2.02. The minimum atomic E-state index is 0.720. The lowest BCUT2D eigenvalue weighted by molar-refractivity contribution is 1.12. The molecule has 0 fully saturated rings. The van der Waals surface area contributed by atoms with E-state index in [9.17, 15) is 0 Å². The summed E-state index contributed by atoms with van der Waals surface area (Å²) in [6.45, 7) is 2.88. The summed E-state index contributed by atoms with van der Waals surface area (Å²) in [4.78, 5) is 4.44. The van der Waals surface area contributed by atoms with Gasteiger partial charge in [0.25, 0.3) is 0 Å². The van der Waals surface area contributed by atoms with Crippen LogP contribution in [0.1, 0.15) is 11.1 Å². The zero-order valence-corrected chi connectivity index (χ0v) is 12.0. The molecule has 2 aromatic carbocycles. The first-order valence-electron chi connectivity index (χ1n) is 6.57. The number of hydrogen-bond acceptors (Lipinski definition) is 2. The normalized spacial score (nSPS) is 10.7. The standard InChI is InChI=1S/C17H15ClN2/c1-12-5-2-3-6-14(12)11-20-16-10-15(18)9-13-7-4-8-19-17(13)16/h2-10,20H,11H2,1H3. The van der Waals surface area contributed by atoms with Crippen molar-refractivity contribution >= 4 is 28.2 Å². The van der Waals surface area contributed by atoms with Gasteiger partial charge >= 0.3 is 0 Å². The smallest absolute Gasteiger partial charge is 0.0934 e. The molecule has 0 saturated carbocycles. The van der Waals surface area contributed by atoms with Crippen molar-refractivity contribution in [3.63, 3.8) is 0 Å². The van der Waals surface area contributed by atoms with Crippen LogP contribution in [-0.2, 0) is 6.54 Å². The van der Waals surface area contributed by atoms with Crippen molar-refractivity contribution in [3.8, 4) is 0 Å². The molecule has 0 spiro atoms. The highest BCUT2D eigenvalue weighted by Crippen LogP contribution is 2.26. The van der Waals surface area contributed by atoms with Gasteiger partial charge in [-0.05, 0) is 36.2 Å². The van der Waals surface area contributed by atoms with Crippen LogP contribution < -0.4 is 5.32 Å². The van der Waals surface area contributed by atoms with Gasteiger partial charge < -0.3 is 5.32 Å². The Bertz CT molecular complexity index is 753. The van der Waals surface area contributed by atoms with Crippen molar-refractivity contribution < 1.29 is 0 Å². The van der Waals surface area contributed by atoms with E-state index < -0.39 is 0 Å². The molecular weight excluding hydrogens is 268 g/mol. The van der Waals surface area contributed by atoms with Gasteiger partial charge in [0.05, 0.1) is 11.2 Å². The maximum absolute atomic E-state index is 6.17. The molecule has 0 saturated heterocycles. The van der Waals surface area contributed by atoms with Crippen LogP contribution in [0.2, 0.25) is 5.02 Å². The second kappa shape index (κ2) is 5.51. The van der Waals surface area contributed by atoms with Gasteiger partial charge in [-0.25, -0.2) is 0 Å². The molecule has 0 aliphatic carbocycles. The van der Waals surface area contributed by atoms with E-state index in [0.29, 0.717) is 0 Å². The fourth-order valence-corrected chi connectivity index (χ4v) is 2.52. The van der Waals surface area contributed by atoms with E-state index in [4.69, 9.17) is 11.6 Å². The fourth-order valence-electron chi connectivity index (χ4n) is 2.29. The molecule has 0 radical (unpaired) electrons. The lowest BCUT2D eigenvalue weighted by atomic mass is 10.1. The number of anilines is 1. The van der Waals surface area contributed by atoms with Gasteiger partial charge in [-0.2, -0.15) is 0 Å². The van der Waals surface area contributed by atoms with Crippen molar-refractivity contribution in [2.24, 2.45) is 0 Å². The summed E-state index contributed by atoms with van der Waals surface area (Å²) < 4.78 is 0. The summed E-state index contributed by atoms with van der Waals surface area (Å²) in [7, 11) is 0. The highest BCUT2D eigenvalue weighted by Gasteiger charge is 2.05. The Morgan fingerprint density at radius 2 is 1.95 bits per heavy atom. The van der Waals surface area contributed by atoms with Crippen LogP contribution in [0.5, 0.6) is 0 Å². The zero-order chi connectivity index (χ0) is 13.9. The van der Waals surface area contributed by atoms with E-state index in [1.807, 2.05) is 24.3 Å². The molecular formula is C17H15ClN2. The van der Waals surface area contributed by atoms with E-state index in [-0.39, 0.29) is 0 Å². The molecule has 0 unspecified atom stereocenters. The number of hydrogen-bond donors (Lipinski definition) is 1. The van der Waals surface area contributed by atoms with E-state index in [2.05, 4.69) is 41.5 Å². The first kappa shape index (κ1) is 12.9. The van der Waals surface area contributed by atoms with Gasteiger partial charge in [-0.3, -0.25) is 4.98 Å². The quantitative estimate of drug-likeness (QED) is 0.746. The predicted octanol–water partition coefficient (Wildman–Crippen LogP) is 4.81. The van der Waals surface area contributed by atoms with Gasteiger partial charge in [-0.1, -0.05) is 41.9 Å². The van der Waals surface area contributed by atoms with Crippen molar-refractivity contribution in [3.05, 3.63) is 70.9 Å². The minimum absolute atomic E-state index is 0.720. The number of halogens is 1. The Kier molecular flexibility index (Phi) is 3.57. The number of rotatable bonds is 3. The molecule has 1 N–H and O–H groups in total. The van der Waals surface area contributed by atoms with Gasteiger partial charge in [0.15, 0.2) is 0 Å². The molecule has 1 heterocycles. The molecule has 1 aromatic heterocycles. The summed E-state index contributed by atoms with van der Waals surface area (Å²) in [5.74, 6) is 0. The monoisotopic (exact) mass is 282 g/mol. The van der Waals surface area contributed by atoms with Crippen LogP contribution in [-0.4, -0.2) is 4.98 Å². The first-order valence-corrected chi connectivity index (χ1v) is 6.94. The highest BCUT2D eigenvalue weighted by molar-refractivity contribution is 6.31. The molecule has 3 aromatic rings. The van der Waals surface area contributed by atoms with Crippen LogP contribution in [0.15, 0.2) is 54.7 Å². The van der Waals surface area contributed by atoms with Crippen LogP contribution in [0.4, 0.5) is 5.69 Å². The third kappa shape index (κ3) is 2.61. The topological polar surface area (TPSA) is 24.9 Å². The van der Waals surface area contributed by atoms with Gasteiger partial charge in [0.2, 0.25) is 0 Å². The second-order valence-corrected chi connectivity index (χ2v) is 5.24. The van der Waals surface area contributed by atoms with Crippen molar-refractivity contribution in [1.29, 1.82) is 0 Å². The van der Waals surface area contributed by atoms with Gasteiger partial charge in [0, 0.05) is 23.2 Å². The largest absolute Gasteiger partial charge is 0.379 e. The third-order valence-corrected chi connectivity index (χ3v) is 3.62. The molecule has 3 rings (SSSR count). The van der Waals surface area contributed by atoms with Crippen LogP contribution in [0.3, 0.4) is 0 Å². The number of pyridine rings is 1. The van der Waals surface area contributed by atoms with Crippen LogP contribution in [0, 0.1) is 6.92 Å². The van der Waals surface area contributed by atoms with E-state index >= 15 is 0 Å². The Morgan fingerprint density at radius 3 is 2.80 bits per heavy atom. The maximum Gasteiger partial charge on any atom is 0.0934 e. The molecule has 0 aliphatic rings. The average molecular weight is 283 g/mol. The average Bonchev–Trinajstić information content (AvgIpc) is 2.46. The lowest BCUT2D eigenvalue weighted by Gasteiger charge is -2.11. The summed E-state index contributed by atoms with van der Waals surface area (Å²) in [5, 5.41) is 5.21. The van der Waals surface area contributed by atoms with Gasteiger partial charge in [0.1, 0.15) is 0 Å². The van der Waals surface area contributed by atoms with Gasteiger partial charge in [-0.15, -0.1) is 0 Å². The molecule has 0 bridgehead atoms. The van der Waals surface area contributed by atoms with E-state index in [1.165, 1.54) is 11.1 Å². The first-order chi connectivity index (χ1) is 9.74. The maximum atomic E-state index is 6.17. The predicted molar refractivity (Wildman–Crippen MR) is 85.3 cm³/mol. The second-order valence-electron chi connectivity index (χ2n) is 4.81. The van der Waals surface area contributed by atoms with Crippen LogP contribution in [0.25, 0.3) is 10.9 Å². The molecule has 20 heavy (non-hydrogen) atoms. The molecule has 0 aliphatic heterocycles. The number of nitrogens with zero attached hydrogens (tertiary/aromatic N) is 1. The van der Waals surface area contributed by atoms with Crippen molar-refractivity contribution in [1.82, 2.24) is 4.98 Å². The highest BCUT2D eigenvalue weighted by atomic mass is 35.5. The molecule has 0 atom stereocenters. The molecule has 0 amide bonds. The summed E-state index contributed by atoms with van der Waals surface area (Å²) in [5.41, 5.74) is 4.47. The number of aryl methyl sites for hydroxylation is 1.